The summed E-state index contributed by atoms with van der Waals surface area (Å²) >= 11 is 2.16. The zero-order valence-corrected chi connectivity index (χ0v) is 13.6. The van der Waals surface area contributed by atoms with Crippen molar-refractivity contribution in [3.05, 3.63) is 57.4 Å². The topological polar surface area (TPSA) is 58.2 Å². The molecule has 2 aromatic carbocycles. The van der Waals surface area contributed by atoms with Crippen LogP contribution in [0.5, 0.6) is 0 Å². The third-order valence-corrected chi connectivity index (χ3v) is 4.13. The van der Waals surface area contributed by atoms with Crippen molar-refractivity contribution < 1.29 is 14.0 Å². The molecule has 1 aliphatic heterocycles. The van der Waals surface area contributed by atoms with Crippen molar-refractivity contribution in [2.45, 2.75) is 12.3 Å². The van der Waals surface area contributed by atoms with Gasteiger partial charge in [0.1, 0.15) is 5.82 Å². The molecule has 1 heterocycles. The number of hydrogen-bond donors (Lipinski definition) is 2. The molecule has 2 amide bonds. The van der Waals surface area contributed by atoms with Crippen molar-refractivity contribution in [1.29, 1.82) is 0 Å². The molecule has 0 aliphatic carbocycles. The summed E-state index contributed by atoms with van der Waals surface area (Å²) in [6, 6.07) is 11.5. The van der Waals surface area contributed by atoms with Crippen molar-refractivity contribution in [2.75, 3.05) is 10.6 Å². The molecular formula is C16H12FIN2O2. The summed E-state index contributed by atoms with van der Waals surface area (Å²) in [5.74, 6) is -1.63. The molecule has 2 aromatic rings. The highest BCUT2D eigenvalue weighted by Gasteiger charge is 2.30. The van der Waals surface area contributed by atoms with Crippen LogP contribution in [0.15, 0.2) is 42.5 Å². The number of hydrogen-bond acceptors (Lipinski definition) is 2. The van der Waals surface area contributed by atoms with Gasteiger partial charge in [0.25, 0.3) is 0 Å². The highest BCUT2D eigenvalue weighted by Crippen LogP contribution is 2.33. The average Bonchev–Trinajstić information content (AvgIpc) is 2.45. The molecule has 0 unspecified atom stereocenters. The molecule has 0 aromatic heterocycles. The second kappa shape index (κ2) is 6.04. The molecule has 1 atom stereocenters. The van der Waals surface area contributed by atoms with Crippen LogP contribution in [0.25, 0.3) is 0 Å². The Morgan fingerprint density at radius 1 is 1.27 bits per heavy atom. The molecule has 0 bridgehead atoms. The van der Waals surface area contributed by atoms with Crippen LogP contribution in [0.3, 0.4) is 0 Å². The normalized spacial score (nSPS) is 16.6. The lowest BCUT2D eigenvalue weighted by Gasteiger charge is -2.24. The van der Waals surface area contributed by atoms with Crippen LogP contribution in [0.4, 0.5) is 15.8 Å². The van der Waals surface area contributed by atoms with E-state index in [1.165, 1.54) is 12.1 Å². The number of anilines is 2. The van der Waals surface area contributed by atoms with E-state index in [1.807, 2.05) is 18.2 Å². The van der Waals surface area contributed by atoms with Gasteiger partial charge in [0.15, 0.2) is 0 Å². The third-order valence-electron chi connectivity index (χ3n) is 3.46. The molecule has 1 aliphatic rings. The van der Waals surface area contributed by atoms with Crippen LogP contribution in [-0.4, -0.2) is 11.8 Å². The van der Waals surface area contributed by atoms with E-state index in [-0.39, 0.29) is 18.2 Å². The lowest BCUT2D eigenvalue weighted by molar-refractivity contribution is -0.123. The second-order valence-electron chi connectivity index (χ2n) is 5.04. The van der Waals surface area contributed by atoms with E-state index in [0.29, 0.717) is 16.9 Å². The van der Waals surface area contributed by atoms with Crippen molar-refractivity contribution in [3.8, 4) is 0 Å². The molecule has 6 heteroatoms. The molecule has 3 rings (SSSR count). The summed E-state index contributed by atoms with van der Waals surface area (Å²) in [6.45, 7) is 0. The van der Waals surface area contributed by atoms with E-state index in [0.717, 1.165) is 3.57 Å². The van der Waals surface area contributed by atoms with E-state index < -0.39 is 11.7 Å². The number of fused-ring (bicyclic) bond motifs is 1. The van der Waals surface area contributed by atoms with Gasteiger partial charge in [-0.15, -0.1) is 0 Å². The first-order chi connectivity index (χ1) is 10.5. The summed E-state index contributed by atoms with van der Waals surface area (Å²) in [4.78, 5) is 24.2. The molecular weight excluding hydrogens is 398 g/mol. The minimum atomic E-state index is -0.623. The maximum atomic E-state index is 13.3. The first-order valence-corrected chi connectivity index (χ1v) is 7.76. The highest BCUT2D eigenvalue weighted by molar-refractivity contribution is 14.1. The molecule has 0 radical (unpaired) electrons. The minimum absolute atomic E-state index is 0.0500. The quantitative estimate of drug-likeness (QED) is 0.745. The van der Waals surface area contributed by atoms with Gasteiger partial charge in [-0.25, -0.2) is 4.39 Å². The van der Waals surface area contributed by atoms with E-state index >= 15 is 0 Å². The Morgan fingerprint density at radius 3 is 2.86 bits per heavy atom. The Labute approximate surface area is 140 Å². The largest absolute Gasteiger partial charge is 0.326 e. The van der Waals surface area contributed by atoms with Gasteiger partial charge >= 0.3 is 0 Å². The molecule has 0 saturated heterocycles. The summed E-state index contributed by atoms with van der Waals surface area (Å²) in [7, 11) is 0. The summed E-state index contributed by atoms with van der Waals surface area (Å²) in [5.41, 5.74) is 1.66. The first-order valence-electron chi connectivity index (χ1n) is 6.68. The zero-order valence-electron chi connectivity index (χ0n) is 11.4. The Balaban J connectivity index is 1.88. The van der Waals surface area contributed by atoms with Crippen molar-refractivity contribution in [3.63, 3.8) is 0 Å². The lowest BCUT2D eigenvalue weighted by atomic mass is 9.89. The standard InChI is InChI=1S/C16H12FIN2O2/c17-9-4-5-12-13(8-15(21)20-14(12)6-9)16(22)19-11-3-1-2-10(18)7-11/h1-7,13H,8H2,(H,19,22)(H,20,21)/t13-/m0/s1. The van der Waals surface area contributed by atoms with Gasteiger partial charge in [-0.1, -0.05) is 12.1 Å². The average molecular weight is 410 g/mol. The number of nitrogens with one attached hydrogen (secondary N) is 2. The van der Waals surface area contributed by atoms with E-state index in [1.54, 1.807) is 12.1 Å². The number of rotatable bonds is 2. The van der Waals surface area contributed by atoms with Gasteiger partial charge in [-0.2, -0.15) is 0 Å². The van der Waals surface area contributed by atoms with Crippen LogP contribution in [0.1, 0.15) is 17.9 Å². The predicted octanol–water partition coefficient (Wildman–Crippen LogP) is 3.49. The number of carbonyl (C=O) groups is 2. The summed E-state index contributed by atoms with van der Waals surface area (Å²) in [6.07, 6.45) is 0.0500. The monoisotopic (exact) mass is 410 g/mol. The fraction of sp³-hybridized carbons (Fsp3) is 0.125. The second-order valence-corrected chi connectivity index (χ2v) is 6.28. The molecule has 2 N–H and O–H groups in total. The molecule has 0 fully saturated rings. The third kappa shape index (κ3) is 3.11. The van der Waals surface area contributed by atoms with Crippen molar-refractivity contribution in [2.24, 2.45) is 0 Å². The number of benzene rings is 2. The van der Waals surface area contributed by atoms with E-state index in [2.05, 4.69) is 33.2 Å². The SMILES string of the molecule is O=C1C[C@H](C(=O)Nc2cccc(I)c2)c2ccc(F)cc2N1. The predicted molar refractivity (Wildman–Crippen MR) is 90.2 cm³/mol. The smallest absolute Gasteiger partial charge is 0.232 e. The first kappa shape index (κ1) is 15.0. The van der Waals surface area contributed by atoms with Gasteiger partial charge in [-0.3, -0.25) is 9.59 Å². The number of carbonyl (C=O) groups excluding carboxylic acids is 2. The van der Waals surface area contributed by atoms with Crippen LogP contribution in [-0.2, 0) is 9.59 Å². The van der Waals surface area contributed by atoms with Gasteiger partial charge in [0.05, 0.1) is 5.92 Å². The van der Waals surface area contributed by atoms with E-state index in [4.69, 9.17) is 0 Å². The van der Waals surface area contributed by atoms with Crippen molar-refractivity contribution in [1.82, 2.24) is 0 Å². The fourth-order valence-electron chi connectivity index (χ4n) is 2.47. The maximum absolute atomic E-state index is 13.3. The van der Waals surface area contributed by atoms with Crippen LogP contribution < -0.4 is 10.6 Å². The number of halogens is 2. The maximum Gasteiger partial charge on any atom is 0.232 e. The van der Waals surface area contributed by atoms with Gasteiger partial charge < -0.3 is 10.6 Å². The van der Waals surface area contributed by atoms with Crippen LogP contribution in [0.2, 0.25) is 0 Å². The van der Waals surface area contributed by atoms with Gasteiger partial charge in [0.2, 0.25) is 11.8 Å². The summed E-state index contributed by atoms with van der Waals surface area (Å²) < 4.78 is 14.3. The summed E-state index contributed by atoms with van der Waals surface area (Å²) in [5, 5.41) is 5.41. The Hall–Kier alpha value is -1.96. The Bertz CT molecular complexity index is 764. The fourth-order valence-corrected chi connectivity index (χ4v) is 3.01. The zero-order chi connectivity index (χ0) is 15.7. The molecule has 22 heavy (non-hydrogen) atoms. The molecule has 4 nitrogen and oxygen atoms in total. The number of amides is 2. The van der Waals surface area contributed by atoms with Gasteiger partial charge in [-0.05, 0) is 58.5 Å². The molecule has 0 saturated carbocycles. The lowest BCUT2D eigenvalue weighted by Crippen LogP contribution is -2.30. The van der Waals surface area contributed by atoms with Crippen molar-refractivity contribution >= 4 is 45.8 Å². The minimum Gasteiger partial charge on any atom is -0.326 e. The van der Waals surface area contributed by atoms with Gasteiger partial charge in [0, 0.05) is 21.4 Å². The van der Waals surface area contributed by atoms with E-state index in [9.17, 15) is 14.0 Å². The molecule has 112 valence electrons. The van der Waals surface area contributed by atoms with Crippen LogP contribution >= 0.6 is 22.6 Å². The highest BCUT2D eigenvalue weighted by atomic mass is 127. The Morgan fingerprint density at radius 2 is 2.09 bits per heavy atom. The molecule has 0 spiro atoms. The Kier molecular flexibility index (Phi) is 4.10. The van der Waals surface area contributed by atoms with Crippen LogP contribution in [0, 0.1) is 9.39 Å².